The first-order valence-corrected chi connectivity index (χ1v) is 7.48. The molecule has 0 aromatic heterocycles. The molecule has 1 aromatic carbocycles. The van der Waals surface area contributed by atoms with Crippen molar-refractivity contribution in [1.29, 1.82) is 0 Å². The van der Waals surface area contributed by atoms with Crippen LogP contribution >= 0.6 is 0 Å². The third-order valence-corrected chi connectivity index (χ3v) is 4.19. The van der Waals surface area contributed by atoms with Gasteiger partial charge in [0.15, 0.2) is 0 Å². The van der Waals surface area contributed by atoms with Crippen molar-refractivity contribution in [2.45, 2.75) is 18.6 Å². The fourth-order valence-corrected chi connectivity index (χ4v) is 2.95. The second kappa shape index (κ2) is 6.37. The van der Waals surface area contributed by atoms with Crippen LogP contribution in [0.5, 0.6) is 5.75 Å². The van der Waals surface area contributed by atoms with E-state index >= 15 is 0 Å². The summed E-state index contributed by atoms with van der Waals surface area (Å²) >= 11 is 0. The van der Waals surface area contributed by atoms with Gasteiger partial charge >= 0.3 is 6.18 Å². The smallest absolute Gasteiger partial charge is 0.405 e. The fraction of sp³-hybridized carbons (Fsp3) is 0.533. The Morgan fingerprint density at radius 2 is 2.13 bits per heavy atom. The number of benzene rings is 1. The van der Waals surface area contributed by atoms with Crippen LogP contribution in [0, 0.1) is 11.8 Å². The van der Waals surface area contributed by atoms with Crippen LogP contribution in [0.2, 0.25) is 0 Å². The van der Waals surface area contributed by atoms with Crippen LogP contribution in [-0.4, -0.2) is 37.8 Å². The lowest BCUT2D eigenvalue weighted by Gasteiger charge is -2.26. The van der Waals surface area contributed by atoms with Crippen LogP contribution in [-0.2, 0) is 11.2 Å². The lowest BCUT2D eigenvalue weighted by Crippen LogP contribution is -2.49. The molecule has 1 aromatic rings. The fourth-order valence-electron chi connectivity index (χ4n) is 2.95. The van der Waals surface area contributed by atoms with Crippen LogP contribution in [0.25, 0.3) is 0 Å². The molecule has 5 nitrogen and oxygen atoms in total. The topological polar surface area (TPSA) is 62.4 Å². The normalized spacial score (nSPS) is 27.2. The molecule has 1 fully saturated rings. The number of carbonyl (C=O) groups is 1. The van der Waals surface area contributed by atoms with Gasteiger partial charge in [-0.15, -0.1) is 0 Å². The molecular weight excluding hydrogens is 311 g/mol. The maximum atomic E-state index is 12.8. The standard InChI is InChI=1S/C15H18F3N3O2/c16-15(17,18)13-11(7-20-21-13)14(22)19-6-9-5-10-3-1-2-4-12(10)23-8-9/h1-4,9,11,13,20-21H,5-8H2,(H,19,22). The van der Waals surface area contributed by atoms with E-state index in [1.807, 2.05) is 24.3 Å². The number of amides is 1. The quantitative estimate of drug-likeness (QED) is 0.775. The minimum atomic E-state index is -4.46. The summed E-state index contributed by atoms with van der Waals surface area (Å²) in [7, 11) is 0. The van der Waals surface area contributed by atoms with Gasteiger partial charge in [0.2, 0.25) is 5.91 Å². The van der Waals surface area contributed by atoms with Crippen molar-refractivity contribution >= 4 is 5.91 Å². The number of fused-ring (bicyclic) bond motifs is 1. The van der Waals surface area contributed by atoms with Gasteiger partial charge in [0, 0.05) is 19.0 Å². The van der Waals surface area contributed by atoms with E-state index in [1.54, 1.807) is 0 Å². The molecule has 8 heteroatoms. The lowest BCUT2D eigenvalue weighted by molar-refractivity contribution is -0.166. The SMILES string of the molecule is O=C(NCC1COc2ccccc2C1)C1CNNC1C(F)(F)F. The van der Waals surface area contributed by atoms with Crippen molar-refractivity contribution in [1.82, 2.24) is 16.2 Å². The van der Waals surface area contributed by atoms with Gasteiger partial charge in [0.1, 0.15) is 11.8 Å². The van der Waals surface area contributed by atoms with E-state index in [9.17, 15) is 18.0 Å². The number of nitrogens with one attached hydrogen (secondary N) is 3. The van der Waals surface area contributed by atoms with Gasteiger partial charge in [-0.1, -0.05) is 18.2 Å². The summed E-state index contributed by atoms with van der Waals surface area (Å²) in [5, 5.41) is 2.63. The average molecular weight is 329 g/mol. The average Bonchev–Trinajstić information content (AvgIpc) is 3.02. The number of rotatable bonds is 3. The van der Waals surface area contributed by atoms with Gasteiger partial charge in [-0.05, 0) is 18.1 Å². The predicted octanol–water partition coefficient (Wildman–Crippen LogP) is 1.01. The Bertz CT molecular complexity index is 579. The number of hydrazine groups is 1. The van der Waals surface area contributed by atoms with E-state index in [0.29, 0.717) is 13.2 Å². The molecule has 1 amide bonds. The van der Waals surface area contributed by atoms with Crippen LogP contribution in [0.15, 0.2) is 24.3 Å². The number of carbonyl (C=O) groups excluding carboxylic acids is 1. The maximum absolute atomic E-state index is 12.8. The van der Waals surface area contributed by atoms with E-state index in [0.717, 1.165) is 17.7 Å². The first-order chi connectivity index (χ1) is 10.9. The van der Waals surface area contributed by atoms with Gasteiger partial charge < -0.3 is 10.1 Å². The zero-order valence-corrected chi connectivity index (χ0v) is 12.3. The molecule has 1 saturated heterocycles. The molecule has 3 unspecified atom stereocenters. The first-order valence-electron chi connectivity index (χ1n) is 7.48. The van der Waals surface area contributed by atoms with E-state index in [2.05, 4.69) is 16.2 Å². The minimum absolute atomic E-state index is 0.0417. The Morgan fingerprint density at radius 3 is 2.91 bits per heavy atom. The summed E-state index contributed by atoms with van der Waals surface area (Å²) in [5.41, 5.74) is 5.57. The van der Waals surface area contributed by atoms with Crippen LogP contribution in [0.3, 0.4) is 0 Å². The van der Waals surface area contributed by atoms with E-state index in [1.165, 1.54) is 0 Å². The van der Waals surface area contributed by atoms with Crippen molar-refractivity contribution in [2.75, 3.05) is 19.7 Å². The maximum Gasteiger partial charge on any atom is 0.405 e. The molecule has 3 N–H and O–H groups in total. The zero-order chi connectivity index (χ0) is 16.4. The third kappa shape index (κ3) is 3.59. The summed E-state index contributed by atoms with van der Waals surface area (Å²) in [6.45, 7) is 0.704. The Balaban J connectivity index is 1.54. The van der Waals surface area contributed by atoms with Gasteiger partial charge in [-0.25, -0.2) is 5.43 Å². The largest absolute Gasteiger partial charge is 0.493 e. The zero-order valence-electron chi connectivity index (χ0n) is 12.3. The van der Waals surface area contributed by atoms with E-state index in [-0.39, 0.29) is 12.5 Å². The number of halogens is 3. The molecule has 0 radical (unpaired) electrons. The lowest BCUT2D eigenvalue weighted by atomic mass is 9.96. The van der Waals surface area contributed by atoms with Crippen LogP contribution in [0.4, 0.5) is 13.2 Å². The second-order valence-electron chi connectivity index (χ2n) is 5.89. The van der Waals surface area contributed by atoms with Gasteiger partial charge in [0.05, 0.1) is 12.5 Å². The number of alkyl halides is 3. The van der Waals surface area contributed by atoms with E-state index < -0.39 is 24.0 Å². The molecule has 2 heterocycles. The van der Waals surface area contributed by atoms with Gasteiger partial charge in [0.25, 0.3) is 0 Å². The third-order valence-electron chi connectivity index (χ3n) is 4.19. The van der Waals surface area contributed by atoms with Crippen molar-refractivity contribution in [3.63, 3.8) is 0 Å². The van der Waals surface area contributed by atoms with Crippen molar-refractivity contribution in [2.24, 2.45) is 11.8 Å². The van der Waals surface area contributed by atoms with Crippen LogP contribution < -0.4 is 20.9 Å². The Kier molecular flexibility index (Phi) is 4.45. The van der Waals surface area contributed by atoms with Crippen molar-refractivity contribution in [3.8, 4) is 5.75 Å². The second-order valence-corrected chi connectivity index (χ2v) is 5.89. The molecular formula is C15H18F3N3O2. The summed E-state index contributed by atoms with van der Waals surface area (Å²) in [5.74, 6) is -0.868. The molecule has 2 aliphatic rings. The molecule has 2 aliphatic heterocycles. The van der Waals surface area contributed by atoms with Crippen molar-refractivity contribution < 1.29 is 22.7 Å². The molecule has 0 saturated carbocycles. The highest BCUT2D eigenvalue weighted by Crippen LogP contribution is 2.28. The summed E-state index contributed by atoms with van der Waals surface area (Å²) in [4.78, 5) is 12.1. The first kappa shape index (κ1) is 16.1. The monoisotopic (exact) mass is 329 g/mol. The number of ether oxygens (including phenoxy) is 1. The highest BCUT2D eigenvalue weighted by molar-refractivity contribution is 5.80. The highest BCUT2D eigenvalue weighted by atomic mass is 19.4. The molecule has 0 aliphatic carbocycles. The van der Waals surface area contributed by atoms with Gasteiger partial charge in [-0.2, -0.15) is 13.2 Å². The molecule has 3 atom stereocenters. The van der Waals surface area contributed by atoms with Crippen molar-refractivity contribution in [3.05, 3.63) is 29.8 Å². The highest BCUT2D eigenvalue weighted by Gasteiger charge is 2.50. The number of hydrogen-bond donors (Lipinski definition) is 3. The minimum Gasteiger partial charge on any atom is -0.493 e. The van der Waals surface area contributed by atoms with E-state index in [4.69, 9.17) is 4.74 Å². The molecule has 126 valence electrons. The molecule has 0 bridgehead atoms. The number of hydrogen-bond acceptors (Lipinski definition) is 4. The number of para-hydroxylation sites is 1. The van der Waals surface area contributed by atoms with Gasteiger partial charge in [-0.3, -0.25) is 10.2 Å². The Hall–Kier alpha value is -1.80. The predicted molar refractivity (Wildman–Crippen MR) is 76.6 cm³/mol. The summed E-state index contributed by atoms with van der Waals surface area (Å²) < 4.78 is 44.1. The molecule has 0 spiro atoms. The Morgan fingerprint density at radius 1 is 1.35 bits per heavy atom. The molecule has 23 heavy (non-hydrogen) atoms. The molecule has 3 rings (SSSR count). The summed E-state index contributed by atoms with van der Waals surface area (Å²) in [6.07, 6.45) is -3.72. The Labute approximate surface area is 131 Å². The van der Waals surface area contributed by atoms with Crippen LogP contribution in [0.1, 0.15) is 5.56 Å². The summed E-state index contributed by atoms with van der Waals surface area (Å²) in [6, 6.07) is 5.78.